The van der Waals surface area contributed by atoms with Crippen LogP contribution in [0.2, 0.25) is 0 Å². The number of carbonyl (C=O) groups is 2. The van der Waals surface area contributed by atoms with E-state index in [0.717, 1.165) is 44.6 Å². The highest BCUT2D eigenvalue weighted by Gasteiger charge is 2.25. The standard InChI is InChI=1S/C28H31N3O3/c1-34-25-11-6-10-24(20-25)30-28(33)23-13-16-29-27(19-23)31-17-14-22(15-18-31)26(32)12-5-9-21-7-3-2-4-8-21/h2-4,6-8,10-11,13,16,19-20,22H,5,9,12,14-15,17-18H2,1H3,(H,30,33). The van der Waals surface area contributed by atoms with Gasteiger partial charge in [0.15, 0.2) is 0 Å². The molecule has 4 rings (SSSR count). The third-order valence-electron chi connectivity index (χ3n) is 6.34. The second-order valence-electron chi connectivity index (χ2n) is 8.66. The van der Waals surface area contributed by atoms with Gasteiger partial charge in [-0.2, -0.15) is 0 Å². The minimum absolute atomic E-state index is 0.117. The molecule has 3 aromatic rings. The van der Waals surface area contributed by atoms with Crippen LogP contribution in [0.25, 0.3) is 0 Å². The molecule has 1 saturated heterocycles. The molecule has 1 N–H and O–H groups in total. The number of methoxy groups -OCH3 is 1. The summed E-state index contributed by atoms with van der Waals surface area (Å²) in [6.07, 6.45) is 5.79. The number of ether oxygens (including phenoxy) is 1. The number of pyridine rings is 1. The van der Waals surface area contributed by atoms with Gasteiger partial charge in [0.1, 0.15) is 17.4 Å². The van der Waals surface area contributed by atoms with E-state index in [1.165, 1.54) is 5.56 Å². The average molecular weight is 458 g/mol. The van der Waals surface area contributed by atoms with Crippen LogP contribution in [0.3, 0.4) is 0 Å². The predicted octanol–water partition coefficient (Wildman–Crippen LogP) is 5.15. The molecule has 34 heavy (non-hydrogen) atoms. The summed E-state index contributed by atoms with van der Waals surface area (Å²) in [6.45, 7) is 1.53. The number of amides is 1. The lowest BCUT2D eigenvalue weighted by Gasteiger charge is -2.32. The first-order valence-electron chi connectivity index (χ1n) is 11.9. The molecule has 2 aromatic carbocycles. The number of carbonyl (C=O) groups excluding carboxylic acids is 2. The molecular formula is C28H31N3O3. The van der Waals surface area contributed by atoms with E-state index in [0.29, 0.717) is 29.2 Å². The fraction of sp³-hybridized carbons (Fsp3) is 0.321. The SMILES string of the molecule is COc1cccc(NC(=O)c2ccnc(N3CCC(C(=O)CCCc4ccccc4)CC3)c2)c1. The highest BCUT2D eigenvalue weighted by atomic mass is 16.5. The van der Waals surface area contributed by atoms with Crippen LogP contribution in [-0.4, -0.2) is 36.9 Å². The van der Waals surface area contributed by atoms with E-state index in [-0.39, 0.29) is 11.8 Å². The molecule has 0 unspecified atom stereocenters. The minimum Gasteiger partial charge on any atom is -0.497 e. The Kier molecular flexibility index (Phi) is 7.91. The maximum Gasteiger partial charge on any atom is 0.255 e. The van der Waals surface area contributed by atoms with Gasteiger partial charge in [0.25, 0.3) is 5.91 Å². The van der Waals surface area contributed by atoms with Gasteiger partial charge in [-0.1, -0.05) is 36.4 Å². The molecule has 0 radical (unpaired) electrons. The molecule has 0 atom stereocenters. The molecule has 1 fully saturated rings. The van der Waals surface area contributed by atoms with Crippen LogP contribution in [-0.2, 0) is 11.2 Å². The summed E-state index contributed by atoms with van der Waals surface area (Å²) in [7, 11) is 1.59. The van der Waals surface area contributed by atoms with Crippen molar-refractivity contribution in [3.8, 4) is 5.75 Å². The number of rotatable bonds is 9. The monoisotopic (exact) mass is 457 g/mol. The Morgan fingerprint density at radius 3 is 2.59 bits per heavy atom. The maximum absolute atomic E-state index is 12.8. The fourth-order valence-electron chi connectivity index (χ4n) is 4.38. The van der Waals surface area contributed by atoms with Crippen molar-refractivity contribution >= 4 is 23.2 Å². The van der Waals surface area contributed by atoms with E-state index >= 15 is 0 Å². The van der Waals surface area contributed by atoms with Crippen LogP contribution in [0, 0.1) is 5.92 Å². The van der Waals surface area contributed by atoms with E-state index < -0.39 is 0 Å². The summed E-state index contributed by atoms with van der Waals surface area (Å²) in [5.41, 5.74) is 2.51. The van der Waals surface area contributed by atoms with E-state index in [9.17, 15) is 9.59 Å². The Morgan fingerprint density at radius 2 is 1.82 bits per heavy atom. The van der Waals surface area contributed by atoms with Gasteiger partial charge in [-0.3, -0.25) is 9.59 Å². The second-order valence-corrected chi connectivity index (χ2v) is 8.66. The number of nitrogens with zero attached hydrogens (tertiary/aromatic N) is 2. The van der Waals surface area contributed by atoms with Gasteiger partial charge >= 0.3 is 0 Å². The number of benzene rings is 2. The predicted molar refractivity (Wildman–Crippen MR) is 135 cm³/mol. The van der Waals surface area contributed by atoms with Gasteiger partial charge in [-0.25, -0.2) is 4.98 Å². The molecule has 1 aliphatic rings. The Balaban J connectivity index is 1.28. The summed E-state index contributed by atoms with van der Waals surface area (Å²) < 4.78 is 5.22. The molecule has 0 aliphatic carbocycles. The zero-order chi connectivity index (χ0) is 23.8. The Hall–Kier alpha value is -3.67. The van der Waals surface area contributed by atoms with Gasteiger partial charge in [0.2, 0.25) is 0 Å². The Bertz CT molecular complexity index is 1110. The lowest BCUT2D eigenvalue weighted by Crippen LogP contribution is -2.37. The number of anilines is 2. The molecule has 0 saturated carbocycles. The van der Waals surface area contributed by atoms with E-state index in [1.54, 1.807) is 25.4 Å². The molecule has 1 amide bonds. The number of nitrogens with one attached hydrogen (secondary N) is 1. The Morgan fingerprint density at radius 1 is 1.03 bits per heavy atom. The highest BCUT2D eigenvalue weighted by Crippen LogP contribution is 2.25. The summed E-state index contributed by atoms with van der Waals surface area (Å²) in [4.78, 5) is 32.1. The number of ketones is 1. The quantitative estimate of drug-likeness (QED) is 0.481. The molecule has 6 heteroatoms. The number of hydrogen-bond acceptors (Lipinski definition) is 5. The highest BCUT2D eigenvalue weighted by molar-refractivity contribution is 6.04. The second kappa shape index (κ2) is 11.5. The molecule has 1 aliphatic heterocycles. The van der Waals surface area contributed by atoms with Crippen molar-refractivity contribution in [2.75, 3.05) is 30.4 Å². The van der Waals surface area contributed by atoms with Crippen LogP contribution in [0.4, 0.5) is 11.5 Å². The number of Topliss-reactive ketones (excluding diaryl/α,β-unsaturated/α-hetero) is 1. The summed E-state index contributed by atoms with van der Waals surface area (Å²) in [5.74, 6) is 1.75. The van der Waals surface area contributed by atoms with E-state index in [2.05, 4.69) is 27.3 Å². The van der Waals surface area contributed by atoms with Crippen molar-refractivity contribution in [1.82, 2.24) is 4.98 Å². The van der Waals surface area contributed by atoms with Gasteiger partial charge in [-0.05, 0) is 55.5 Å². The normalized spacial score (nSPS) is 14.0. The third-order valence-corrected chi connectivity index (χ3v) is 6.34. The first kappa shape index (κ1) is 23.5. The van der Waals surface area contributed by atoms with Crippen molar-refractivity contribution in [3.63, 3.8) is 0 Å². The molecule has 176 valence electrons. The number of piperidine rings is 1. The van der Waals surface area contributed by atoms with Crippen molar-refractivity contribution < 1.29 is 14.3 Å². The van der Waals surface area contributed by atoms with E-state index in [1.807, 2.05) is 42.5 Å². The lowest BCUT2D eigenvalue weighted by atomic mass is 9.89. The summed E-state index contributed by atoms with van der Waals surface area (Å²) in [5, 5.41) is 2.91. The van der Waals surface area contributed by atoms with Crippen molar-refractivity contribution in [1.29, 1.82) is 0 Å². The van der Waals surface area contributed by atoms with Gasteiger partial charge in [0, 0.05) is 48.9 Å². The maximum atomic E-state index is 12.8. The van der Waals surface area contributed by atoms with Crippen LogP contribution < -0.4 is 15.0 Å². The van der Waals surface area contributed by atoms with Crippen molar-refractivity contribution in [3.05, 3.63) is 84.1 Å². The average Bonchev–Trinajstić information content (AvgIpc) is 2.89. The van der Waals surface area contributed by atoms with Crippen LogP contribution in [0.5, 0.6) is 5.75 Å². The molecule has 6 nitrogen and oxygen atoms in total. The van der Waals surface area contributed by atoms with Crippen molar-refractivity contribution in [2.45, 2.75) is 32.1 Å². The molecule has 0 bridgehead atoms. The summed E-state index contributed by atoms with van der Waals surface area (Å²) >= 11 is 0. The van der Waals surface area contributed by atoms with Gasteiger partial charge in [-0.15, -0.1) is 0 Å². The smallest absolute Gasteiger partial charge is 0.255 e. The van der Waals surface area contributed by atoms with Gasteiger partial charge < -0.3 is 15.0 Å². The summed E-state index contributed by atoms with van der Waals surface area (Å²) in [6, 6.07) is 21.1. The van der Waals surface area contributed by atoms with Crippen LogP contribution >= 0.6 is 0 Å². The minimum atomic E-state index is -0.194. The molecule has 0 spiro atoms. The number of aryl methyl sites for hydroxylation is 1. The van der Waals surface area contributed by atoms with Crippen LogP contribution in [0.1, 0.15) is 41.6 Å². The fourth-order valence-corrected chi connectivity index (χ4v) is 4.38. The molecule has 1 aromatic heterocycles. The van der Waals surface area contributed by atoms with Crippen molar-refractivity contribution in [2.24, 2.45) is 5.92 Å². The topological polar surface area (TPSA) is 71.5 Å². The Labute approximate surface area is 201 Å². The largest absolute Gasteiger partial charge is 0.497 e. The van der Waals surface area contributed by atoms with E-state index in [4.69, 9.17) is 4.74 Å². The third kappa shape index (κ3) is 6.22. The first-order chi connectivity index (χ1) is 16.6. The zero-order valence-corrected chi connectivity index (χ0v) is 19.6. The molecular weight excluding hydrogens is 426 g/mol. The molecule has 2 heterocycles. The lowest BCUT2D eigenvalue weighted by molar-refractivity contribution is -0.123. The number of aromatic nitrogens is 1. The first-order valence-corrected chi connectivity index (χ1v) is 11.9. The van der Waals surface area contributed by atoms with Crippen LogP contribution in [0.15, 0.2) is 72.9 Å². The zero-order valence-electron chi connectivity index (χ0n) is 19.6. The van der Waals surface area contributed by atoms with Gasteiger partial charge in [0.05, 0.1) is 7.11 Å². The number of hydrogen-bond donors (Lipinski definition) is 1.